The largest absolute Gasteiger partial charge is 0.377 e. The van der Waals surface area contributed by atoms with E-state index in [1.165, 1.54) is 51.9 Å². The first-order chi connectivity index (χ1) is 7.43. The van der Waals surface area contributed by atoms with Gasteiger partial charge in [0.25, 0.3) is 0 Å². The van der Waals surface area contributed by atoms with E-state index in [2.05, 4.69) is 28.6 Å². The van der Waals surface area contributed by atoms with Crippen molar-refractivity contribution in [1.29, 1.82) is 0 Å². The molecule has 86 valence electrons. The zero-order chi connectivity index (χ0) is 10.8. The van der Waals surface area contributed by atoms with Crippen molar-refractivity contribution in [3.8, 4) is 0 Å². The van der Waals surface area contributed by atoms with Crippen LogP contribution in [0.1, 0.15) is 32.6 Å². The molecular formula is C13H25N2+. The van der Waals surface area contributed by atoms with Crippen LogP contribution in [0, 0.1) is 0 Å². The topological polar surface area (TPSA) is 19.9 Å². The normalized spacial score (nSPS) is 21.3. The number of hydrogen-bond acceptors (Lipinski definition) is 1. The first-order valence-electron chi connectivity index (χ1n) is 6.28. The number of quaternary nitrogens is 1. The lowest BCUT2D eigenvalue weighted by Gasteiger charge is -2.08. The number of nitrogens with zero attached hydrogens (tertiary/aromatic N) is 1. The van der Waals surface area contributed by atoms with Gasteiger partial charge in [0.1, 0.15) is 0 Å². The molecule has 2 fully saturated rings. The summed E-state index contributed by atoms with van der Waals surface area (Å²) in [6.07, 6.45) is 14.0. The second-order valence-corrected chi connectivity index (χ2v) is 4.18. The molecule has 2 nitrogen and oxygen atoms in total. The fourth-order valence-corrected chi connectivity index (χ4v) is 1.89. The average Bonchev–Trinajstić information content (AvgIpc) is 2.94. The van der Waals surface area contributed by atoms with Crippen molar-refractivity contribution in [2.45, 2.75) is 32.6 Å². The molecule has 0 radical (unpaired) electrons. The van der Waals surface area contributed by atoms with Crippen LogP contribution in [0.25, 0.3) is 0 Å². The quantitative estimate of drug-likeness (QED) is 0.684. The number of nitrogens with two attached hydrogens (primary N) is 1. The van der Waals surface area contributed by atoms with Gasteiger partial charge in [0.05, 0.1) is 13.1 Å². The Kier molecular flexibility index (Phi) is 7.01. The molecule has 2 aliphatic heterocycles. The summed E-state index contributed by atoms with van der Waals surface area (Å²) < 4.78 is 0. The molecule has 0 aromatic rings. The molecule has 2 rings (SSSR count). The van der Waals surface area contributed by atoms with Gasteiger partial charge in [-0.15, -0.1) is 0 Å². The van der Waals surface area contributed by atoms with E-state index < -0.39 is 0 Å². The fraction of sp³-hybridized carbons (Fsp3) is 0.692. The first-order valence-corrected chi connectivity index (χ1v) is 6.28. The molecule has 2 aliphatic rings. The van der Waals surface area contributed by atoms with Gasteiger partial charge in [0, 0.05) is 25.9 Å². The van der Waals surface area contributed by atoms with Crippen LogP contribution in [0.5, 0.6) is 0 Å². The van der Waals surface area contributed by atoms with Crippen LogP contribution < -0.4 is 5.32 Å². The van der Waals surface area contributed by atoms with Crippen LogP contribution >= 0.6 is 0 Å². The molecule has 2 saturated heterocycles. The molecule has 2 heterocycles. The van der Waals surface area contributed by atoms with E-state index in [0.29, 0.717) is 0 Å². The summed E-state index contributed by atoms with van der Waals surface area (Å²) in [4.78, 5) is 2.36. The monoisotopic (exact) mass is 209 g/mol. The fourth-order valence-electron chi connectivity index (χ4n) is 1.89. The SMILES string of the molecule is C/C=C/C=C/N1CCCC1.C1CC[NH2+]C1. The molecule has 0 aromatic heterocycles. The van der Waals surface area contributed by atoms with Crippen LogP contribution in [0.2, 0.25) is 0 Å². The molecule has 0 amide bonds. The highest BCUT2D eigenvalue weighted by Crippen LogP contribution is 2.06. The van der Waals surface area contributed by atoms with E-state index in [1.54, 1.807) is 0 Å². The molecule has 0 aromatic carbocycles. The minimum absolute atomic E-state index is 1.24. The molecule has 0 saturated carbocycles. The summed E-state index contributed by atoms with van der Waals surface area (Å²) >= 11 is 0. The summed E-state index contributed by atoms with van der Waals surface area (Å²) in [6.45, 7) is 7.27. The Balaban J connectivity index is 0.000000187. The van der Waals surface area contributed by atoms with E-state index in [4.69, 9.17) is 0 Å². The number of allylic oxidation sites excluding steroid dienone is 3. The third-order valence-corrected chi connectivity index (χ3v) is 2.81. The smallest absolute Gasteiger partial charge is 0.0757 e. The van der Waals surface area contributed by atoms with E-state index in [1.807, 2.05) is 13.0 Å². The van der Waals surface area contributed by atoms with Gasteiger partial charge in [-0.25, -0.2) is 0 Å². The van der Waals surface area contributed by atoms with Crippen molar-refractivity contribution in [2.75, 3.05) is 26.2 Å². The zero-order valence-electron chi connectivity index (χ0n) is 9.99. The van der Waals surface area contributed by atoms with E-state index in [0.717, 1.165) is 0 Å². The van der Waals surface area contributed by atoms with Crippen molar-refractivity contribution in [2.24, 2.45) is 0 Å². The van der Waals surface area contributed by atoms with Crippen molar-refractivity contribution in [1.82, 2.24) is 4.90 Å². The predicted molar refractivity (Wildman–Crippen MR) is 65.7 cm³/mol. The van der Waals surface area contributed by atoms with E-state index in [-0.39, 0.29) is 0 Å². The lowest BCUT2D eigenvalue weighted by atomic mass is 10.4. The van der Waals surface area contributed by atoms with E-state index in [9.17, 15) is 0 Å². The van der Waals surface area contributed by atoms with Gasteiger partial charge in [-0.2, -0.15) is 0 Å². The molecule has 2 N–H and O–H groups in total. The average molecular weight is 209 g/mol. The molecule has 0 spiro atoms. The number of likely N-dealkylation sites (tertiary alicyclic amines) is 1. The lowest BCUT2D eigenvalue weighted by molar-refractivity contribution is -0.635. The third-order valence-electron chi connectivity index (χ3n) is 2.81. The highest BCUT2D eigenvalue weighted by Gasteiger charge is 2.04. The maximum Gasteiger partial charge on any atom is 0.0757 e. The molecule has 0 bridgehead atoms. The second-order valence-electron chi connectivity index (χ2n) is 4.18. The summed E-state index contributed by atoms with van der Waals surface area (Å²) in [5.41, 5.74) is 0. The van der Waals surface area contributed by atoms with Crippen molar-refractivity contribution in [3.05, 3.63) is 24.4 Å². The van der Waals surface area contributed by atoms with Gasteiger partial charge in [-0.1, -0.05) is 12.2 Å². The highest BCUT2D eigenvalue weighted by atomic mass is 15.1. The zero-order valence-corrected chi connectivity index (χ0v) is 9.99. The summed E-state index contributed by atoms with van der Waals surface area (Å²) in [7, 11) is 0. The predicted octanol–water partition coefficient (Wildman–Crippen LogP) is 1.52. The van der Waals surface area contributed by atoms with Crippen molar-refractivity contribution in [3.63, 3.8) is 0 Å². The Hall–Kier alpha value is -0.760. The van der Waals surface area contributed by atoms with E-state index >= 15 is 0 Å². The summed E-state index contributed by atoms with van der Waals surface area (Å²) in [5.74, 6) is 0. The van der Waals surface area contributed by atoms with Gasteiger partial charge < -0.3 is 10.2 Å². The molecule has 15 heavy (non-hydrogen) atoms. The van der Waals surface area contributed by atoms with Gasteiger partial charge in [-0.05, 0) is 32.0 Å². The van der Waals surface area contributed by atoms with Crippen LogP contribution in [0.3, 0.4) is 0 Å². The maximum atomic E-state index is 2.36. The maximum absolute atomic E-state index is 2.36. The summed E-state index contributed by atoms with van der Waals surface area (Å²) in [5, 5.41) is 2.36. The molecule has 2 heteroatoms. The van der Waals surface area contributed by atoms with Gasteiger partial charge in [-0.3, -0.25) is 0 Å². The van der Waals surface area contributed by atoms with Crippen LogP contribution in [0.15, 0.2) is 24.4 Å². The van der Waals surface area contributed by atoms with Crippen molar-refractivity contribution < 1.29 is 5.32 Å². The summed E-state index contributed by atoms with van der Waals surface area (Å²) in [6, 6.07) is 0. The van der Waals surface area contributed by atoms with Gasteiger partial charge >= 0.3 is 0 Å². The Morgan fingerprint density at radius 2 is 1.60 bits per heavy atom. The number of rotatable bonds is 2. The Morgan fingerprint density at radius 1 is 0.933 bits per heavy atom. The minimum atomic E-state index is 1.24. The first kappa shape index (κ1) is 12.3. The van der Waals surface area contributed by atoms with Gasteiger partial charge in [0.2, 0.25) is 0 Å². The number of hydrogen-bond donors (Lipinski definition) is 1. The minimum Gasteiger partial charge on any atom is -0.377 e. The second kappa shape index (κ2) is 8.54. The van der Waals surface area contributed by atoms with Gasteiger partial charge in [0.15, 0.2) is 0 Å². The standard InChI is InChI=1S/C9H15N.C4H9N/c1-2-3-4-7-10-8-5-6-9-10;1-2-4-5-3-1/h2-4,7H,5-6,8-9H2,1H3;5H,1-4H2/p+1/b3-2+,7-4+;. The van der Waals surface area contributed by atoms with Crippen LogP contribution in [-0.2, 0) is 0 Å². The molecule has 0 aliphatic carbocycles. The molecule has 0 atom stereocenters. The van der Waals surface area contributed by atoms with Crippen LogP contribution in [-0.4, -0.2) is 31.1 Å². The third kappa shape index (κ3) is 6.34. The Morgan fingerprint density at radius 3 is 2.07 bits per heavy atom. The Bertz CT molecular complexity index is 179. The lowest BCUT2D eigenvalue weighted by Crippen LogP contribution is -2.80. The molecular weight excluding hydrogens is 184 g/mol. The van der Waals surface area contributed by atoms with Crippen molar-refractivity contribution >= 4 is 0 Å². The molecule has 0 unspecified atom stereocenters. The van der Waals surface area contributed by atoms with Crippen LogP contribution in [0.4, 0.5) is 0 Å². The highest BCUT2D eigenvalue weighted by molar-refractivity contribution is 5.01. The Labute approximate surface area is 94.0 Å².